The Kier molecular flexibility index (Phi) is 4.01. The first kappa shape index (κ1) is 9.07. The second kappa shape index (κ2) is 3.98. The predicted octanol–water partition coefficient (Wildman–Crippen LogP) is 0.404. The van der Waals surface area contributed by atoms with Crippen LogP contribution in [0.2, 0.25) is 0 Å². The van der Waals surface area contributed by atoms with Crippen LogP contribution in [-0.2, 0) is 13.7 Å². The van der Waals surface area contributed by atoms with Crippen LogP contribution in [0.15, 0.2) is 0 Å². The zero-order valence-electron chi connectivity index (χ0n) is 5.11. The smallest absolute Gasteiger partial charge is 0.302 e. The third-order valence-corrected chi connectivity index (χ3v) is 1.37. The molecule has 0 rings (SSSR count). The molecule has 0 radical (unpaired) electrons. The normalized spacial score (nSPS) is 17.2. The molecule has 0 aliphatic heterocycles. The Labute approximate surface area is 53.3 Å². The van der Waals surface area contributed by atoms with Crippen molar-refractivity contribution in [2.45, 2.75) is 13.3 Å². The quantitative estimate of drug-likeness (QED) is 0.453. The van der Waals surface area contributed by atoms with Crippen molar-refractivity contribution in [2.75, 3.05) is 6.61 Å². The van der Waals surface area contributed by atoms with Gasteiger partial charge in [0.05, 0.1) is 6.61 Å². The molecular weight excluding hydrogens is 145 g/mol. The summed E-state index contributed by atoms with van der Waals surface area (Å²) in [7, 11) is -3.91. The van der Waals surface area contributed by atoms with Gasteiger partial charge in [0, 0.05) is 0 Å². The van der Waals surface area contributed by atoms with E-state index in [1.165, 1.54) is 0 Å². The van der Waals surface area contributed by atoms with E-state index >= 15 is 0 Å². The molecule has 0 saturated carbocycles. The van der Waals surface area contributed by atoms with Crippen LogP contribution in [0.25, 0.3) is 0 Å². The summed E-state index contributed by atoms with van der Waals surface area (Å²) in [4.78, 5) is 8.44. The summed E-state index contributed by atoms with van der Waals surface area (Å²) in [6, 6.07) is 0. The Morgan fingerprint density at radius 2 is 2.33 bits per heavy atom. The van der Waals surface area contributed by atoms with E-state index in [2.05, 4.69) is 15.0 Å². The molecule has 56 valence electrons. The molecule has 0 saturated heterocycles. The van der Waals surface area contributed by atoms with Gasteiger partial charge in [-0.05, 0) is 6.42 Å². The molecule has 0 spiro atoms. The molecule has 0 aromatic carbocycles. The van der Waals surface area contributed by atoms with E-state index in [9.17, 15) is 4.57 Å². The van der Waals surface area contributed by atoms with Gasteiger partial charge in [-0.1, -0.05) is 6.92 Å². The SMILES string of the molecule is CCCOP(=O)(O)ON. The molecule has 9 heavy (non-hydrogen) atoms. The Morgan fingerprint density at radius 1 is 1.78 bits per heavy atom. The highest BCUT2D eigenvalue weighted by Gasteiger charge is 2.17. The lowest BCUT2D eigenvalue weighted by atomic mass is 10.5. The first-order valence-corrected chi connectivity index (χ1v) is 3.97. The molecule has 3 N–H and O–H groups in total. The largest absolute Gasteiger partial charge is 0.488 e. The lowest BCUT2D eigenvalue weighted by Gasteiger charge is -2.05. The standard InChI is InChI=1S/C3H10NO4P/c1-2-3-7-9(5,6)8-4/h2-4H2,1H3,(H,5,6). The Hall–Kier alpha value is 0.0700. The Bertz CT molecular complexity index is 116. The minimum absolute atomic E-state index is 0.172. The Balaban J connectivity index is 3.46. The first-order chi connectivity index (χ1) is 4.12. The summed E-state index contributed by atoms with van der Waals surface area (Å²) in [6.07, 6.45) is 0.647. The second-order valence-electron chi connectivity index (χ2n) is 1.41. The molecule has 0 heterocycles. The summed E-state index contributed by atoms with van der Waals surface area (Å²) >= 11 is 0. The molecule has 0 aromatic rings. The molecule has 5 nitrogen and oxygen atoms in total. The van der Waals surface area contributed by atoms with Crippen LogP contribution in [0.1, 0.15) is 13.3 Å². The van der Waals surface area contributed by atoms with Gasteiger partial charge in [0.1, 0.15) is 0 Å². The number of rotatable bonds is 4. The molecule has 1 unspecified atom stereocenters. The van der Waals surface area contributed by atoms with E-state index in [1.54, 1.807) is 6.92 Å². The fourth-order valence-corrected chi connectivity index (χ4v) is 0.711. The second-order valence-corrected chi connectivity index (χ2v) is 2.81. The highest BCUT2D eigenvalue weighted by Crippen LogP contribution is 2.40. The van der Waals surface area contributed by atoms with Crippen molar-refractivity contribution in [1.29, 1.82) is 0 Å². The number of phosphoric acid groups is 1. The van der Waals surface area contributed by atoms with Crippen molar-refractivity contribution in [3.63, 3.8) is 0 Å². The van der Waals surface area contributed by atoms with Gasteiger partial charge in [-0.3, -0.25) is 4.52 Å². The summed E-state index contributed by atoms with van der Waals surface area (Å²) in [5.74, 6) is 4.41. The zero-order valence-corrected chi connectivity index (χ0v) is 6.01. The predicted molar refractivity (Wildman–Crippen MR) is 31.3 cm³/mol. The van der Waals surface area contributed by atoms with Crippen LogP contribution in [0.3, 0.4) is 0 Å². The van der Waals surface area contributed by atoms with E-state index in [0.29, 0.717) is 6.42 Å². The lowest BCUT2D eigenvalue weighted by molar-refractivity contribution is 0.151. The average Bonchev–Trinajstić information content (AvgIpc) is 1.84. The fraction of sp³-hybridized carbons (Fsp3) is 1.00. The van der Waals surface area contributed by atoms with Gasteiger partial charge < -0.3 is 4.89 Å². The molecule has 0 fully saturated rings. The van der Waals surface area contributed by atoms with Crippen LogP contribution >= 0.6 is 7.82 Å². The third kappa shape index (κ3) is 4.57. The van der Waals surface area contributed by atoms with Gasteiger partial charge in [0.2, 0.25) is 0 Å². The van der Waals surface area contributed by atoms with Gasteiger partial charge in [0.15, 0.2) is 0 Å². The van der Waals surface area contributed by atoms with Crippen LogP contribution < -0.4 is 5.90 Å². The van der Waals surface area contributed by atoms with E-state index < -0.39 is 7.82 Å². The van der Waals surface area contributed by atoms with Gasteiger partial charge in [-0.2, -0.15) is 0 Å². The fourth-order valence-electron chi connectivity index (χ4n) is 0.237. The van der Waals surface area contributed by atoms with Crippen molar-refractivity contribution in [2.24, 2.45) is 5.90 Å². The van der Waals surface area contributed by atoms with Gasteiger partial charge in [-0.15, -0.1) is 0 Å². The van der Waals surface area contributed by atoms with Crippen LogP contribution in [0.5, 0.6) is 0 Å². The minimum Gasteiger partial charge on any atom is -0.302 e. The molecule has 0 aliphatic rings. The first-order valence-electron chi connectivity index (χ1n) is 2.48. The highest BCUT2D eigenvalue weighted by molar-refractivity contribution is 7.47. The molecule has 0 amide bonds. The van der Waals surface area contributed by atoms with Gasteiger partial charge in [0.25, 0.3) is 0 Å². The summed E-state index contributed by atoms with van der Waals surface area (Å²) in [5, 5.41) is 0. The van der Waals surface area contributed by atoms with Gasteiger partial charge in [-0.25, -0.2) is 15.1 Å². The molecular formula is C3H10NO4P. The molecule has 0 aliphatic carbocycles. The number of nitrogens with two attached hydrogens (primary N) is 1. The summed E-state index contributed by atoms with van der Waals surface area (Å²) < 4.78 is 18.2. The van der Waals surface area contributed by atoms with E-state index in [1.807, 2.05) is 0 Å². The van der Waals surface area contributed by atoms with Crippen molar-refractivity contribution in [1.82, 2.24) is 0 Å². The van der Waals surface area contributed by atoms with E-state index in [-0.39, 0.29) is 6.61 Å². The lowest BCUT2D eigenvalue weighted by Crippen LogP contribution is -2.00. The topological polar surface area (TPSA) is 81.8 Å². The number of hydrogen-bond acceptors (Lipinski definition) is 4. The summed E-state index contributed by atoms with van der Waals surface area (Å²) in [5.41, 5.74) is 0. The summed E-state index contributed by atoms with van der Waals surface area (Å²) in [6.45, 7) is 1.97. The van der Waals surface area contributed by atoms with Crippen molar-refractivity contribution >= 4 is 7.82 Å². The monoisotopic (exact) mass is 155 g/mol. The van der Waals surface area contributed by atoms with Crippen LogP contribution in [-0.4, -0.2) is 11.5 Å². The maximum Gasteiger partial charge on any atom is 0.488 e. The highest BCUT2D eigenvalue weighted by atomic mass is 31.2. The van der Waals surface area contributed by atoms with Crippen molar-refractivity contribution < 1.29 is 18.6 Å². The van der Waals surface area contributed by atoms with Gasteiger partial charge >= 0.3 is 7.82 Å². The number of hydrogen-bond donors (Lipinski definition) is 2. The maximum atomic E-state index is 10.3. The number of phosphoric ester groups is 1. The van der Waals surface area contributed by atoms with E-state index in [0.717, 1.165) is 0 Å². The minimum atomic E-state index is -3.91. The molecule has 1 atom stereocenters. The zero-order chi connectivity index (χ0) is 7.33. The molecule has 6 heteroatoms. The maximum absolute atomic E-state index is 10.3. The van der Waals surface area contributed by atoms with Crippen molar-refractivity contribution in [3.05, 3.63) is 0 Å². The molecule has 0 aromatic heterocycles. The Morgan fingerprint density at radius 3 is 2.67 bits per heavy atom. The third-order valence-electron chi connectivity index (χ3n) is 0.592. The van der Waals surface area contributed by atoms with Crippen LogP contribution in [0, 0.1) is 0 Å². The molecule has 0 bridgehead atoms. The average molecular weight is 155 g/mol. The van der Waals surface area contributed by atoms with E-state index in [4.69, 9.17) is 4.89 Å². The van der Waals surface area contributed by atoms with Crippen LogP contribution in [0.4, 0.5) is 0 Å². The van der Waals surface area contributed by atoms with Crippen molar-refractivity contribution in [3.8, 4) is 0 Å².